The van der Waals surface area contributed by atoms with Gasteiger partial charge in [-0.15, -0.1) is 0 Å². The summed E-state index contributed by atoms with van der Waals surface area (Å²) in [7, 11) is 0. The number of rotatable bonds is 52. The molecule has 0 spiro atoms. The molecule has 0 saturated carbocycles. The predicted molar refractivity (Wildman–Crippen MR) is 270 cm³/mol. The van der Waals surface area contributed by atoms with Crippen LogP contribution >= 0.6 is 0 Å². The molecular formula is C57H108O4. The Morgan fingerprint density at radius 1 is 0.393 bits per heavy atom. The number of carbonyl (C=O) groups excluding carboxylic acids is 1. The Labute approximate surface area is 382 Å². The molecule has 0 aromatic rings. The van der Waals surface area contributed by atoms with Gasteiger partial charge in [0.15, 0.2) is 0 Å². The van der Waals surface area contributed by atoms with Crippen LogP contribution in [0.3, 0.4) is 0 Å². The van der Waals surface area contributed by atoms with Crippen molar-refractivity contribution in [3.05, 3.63) is 36.5 Å². The number of unbranched alkanes of at least 4 members (excludes halogenated alkanes) is 38. The van der Waals surface area contributed by atoms with Gasteiger partial charge in [0.1, 0.15) is 6.10 Å². The van der Waals surface area contributed by atoms with Gasteiger partial charge in [-0.2, -0.15) is 0 Å². The average Bonchev–Trinajstić information content (AvgIpc) is 3.27. The van der Waals surface area contributed by atoms with Crippen LogP contribution in [-0.4, -0.2) is 37.0 Å². The molecule has 0 bridgehead atoms. The Morgan fingerprint density at radius 2 is 0.689 bits per heavy atom. The molecule has 0 aliphatic carbocycles. The average molecular weight is 857 g/mol. The lowest BCUT2D eigenvalue weighted by atomic mass is 10.0. The van der Waals surface area contributed by atoms with Gasteiger partial charge >= 0.3 is 5.97 Å². The summed E-state index contributed by atoms with van der Waals surface area (Å²) in [6.07, 6.45) is 71.1. The van der Waals surface area contributed by atoms with Gasteiger partial charge in [-0.1, -0.05) is 256 Å². The minimum Gasteiger partial charge on any atom is -0.457 e. The summed E-state index contributed by atoms with van der Waals surface area (Å²) in [6, 6.07) is 0. The fraction of sp³-hybridized carbons (Fsp3) is 0.877. The van der Waals surface area contributed by atoms with Gasteiger partial charge in [0.05, 0.1) is 13.2 Å². The van der Waals surface area contributed by atoms with Gasteiger partial charge in [-0.3, -0.25) is 4.79 Å². The van der Waals surface area contributed by atoms with E-state index >= 15 is 0 Å². The molecule has 360 valence electrons. The largest absolute Gasteiger partial charge is 0.457 e. The van der Waals surface area contributed by atoms with Crippen LogP contribution in [-0.2, 0) is 14.3 Å². The third-order valence-corrected chi connectivity index (χ3v) is 12.4. The lowest BCUT2D eigenvalue weighted by Gasteiger charge is -2.16. The Balaban J connectivity index is 3.37. The van der Waals surface area contributed by atoms with Crippen molar-refractivity contribution in [3.63, 3.8) is 0 Å². The Bertz CT molecular complexity index is 909. The molecule has 61 heavy (non-hydrogen) atoms. The van der Waals surface area contributed by atoms with Crippen molar-refractivity contribution < 1.29 is 19.4 Å². The number of aliphatic hydroxyl groups excluding tert-OH is 1. The molecule has 4 nitrogen and oxygen atoms in total. The third kappa shape index (κ3) is 52.9. The fourth-order valence-corrected chi connectivity index (χ4v) is 8.30. The van der Waals surface area contributed by atoms with Crippen LogP contribution in [0.15, 0.2) is 36.5 Å². The second-order valence-corrected chi connectivity index (χ2v) is 18.7. The summed E-state index contributed by atoms with van der Waals surface area (Å²) >= 11 is 0. The number of hydrogen-bond donors (Lipinski definition) is 1. The van der Waals surface area contributed by atoms with Gasteiger partial charge in [-0.05, 0) is 70.6 Å². The summed E-state index contributed by atoms with van der Waals surface area (Å²) in [6.45, 7) is 5.38. The van der Waals surface area contributed by atoms with Crippen LogP contribution < -0.4 is 0 Å². The van der Waals surface area contributed by atoms with Crippen molar-refractivity contribution in [1.29, 1.82) is 0 Å². The highest BCUT2D eigenvalue weighted by Gasteiger charge is 2.13. The monoisotopic (exact) mass is 857 g/mol. The maximum atomic E-state index is 12.3. The highest BCUT2D eigenvalue weighted by Crippen LogP contribution is 2.16. The molecule has 1 atom stereocenters. The lowest BCUT2D eigenvalue weighted by Crippen LogP contribution is -2.27. The van der Waals surface area contributed by atoms with Crippen LogP contribution in [0, 0.1) is 0 Å². The summed E-state index contributed by atoms with van der Waals surface area (Å²) in [5.74, 6) is -0.196. The minimum absolute atomic E-state index is 0.169. The molecule has 0 radical (unpaired) electrons. The number of allylic oxidation sites excluding steroid dienone is 6. The van der Waals surface area contributed by atoms with Crippen LogP contribution in [0.4, 0.5) is 0 Å². The van der Waals surface area contributed by atoms with Crippen LogP contribution in [0.5, 0.6) is 0 Å². The molecule has 0 heterocycles. The van der Waals surface area contributed by atoms with E-state index in [1.165, 1.54) is 250 Å². The maximum absolute atomic E-state index is 12.3. The summed E-state index contributed by atoms with van der Waals surface area (Å²) in [5, 5.41) is 9.67. The minimum atomic E-state index is -0.534. The van der Waals surface area contributed by atoms with Gasteiger partial charge < -0.3 is 14.6 Å². The molecular weight excluding hydrogens is 749 g/mol. The molecule has 0 aromatic heterocycles. The SMILES string of the molecule is CCCCCCC/C=C\C/C=C\CCCCCCCCCCCCCCCC(=O)OC(CO)COCCCCCCCCCCCCCC/C=C\CCCCCCCCCC. The Hall–Kier alpha value is -1.39. The first-order chi connectivity index (χ1) is 30.2. The van der Waals surface area contributed by atoms with E-state index < -0.39 is 6.10 Å². The molecule has 0 amide bonds. The topological polar surface area (TPSA) is 55.8 Å². The molecule has 1 N–H and O–H groups in total. The number of hydrogen-bond acceptors (Lipinski definition) is 4. The molecule has 0 rings (SSSR count). The molecule has 0 fully saturated rings. The van der Waals surface area contributed by atoms with E-state index in [2.05, 4.69) is 50.3 Å². The van der Waals surface area contributed by atoms with Crippen LogP contribution in [0.25, 0.3) is 0 Å². The lowest BCUT2D eigenvalue weighted by molar-refractivity contribution is -0.154. The molecule has 0 aromatic carbocycles. The number of ether oxygens (including phenoxy) is 2. The maximum Gasteiger partial charge on any atom is 0.306 e. The van der Waals surface area contributed by atoms with E-state index in [-0.39, 0.29) is 12.6 Å². The zero-order valence-corrected chi connectivity index (χ0v) is 41.4. The van der Waals surface area contributed by atoms with E-state index in [1.807, 2.05) is 0 Å². The number of esters is 1. The van der Waals surface area contributed by atoms with Gasteiger partial charge in [0.25, 0.3) is 0 Å². The molecule has 0 saturated heterocycles. The van der Waals surface area contributed by atoms with Crippen molar-refractivity contribution in [2.75, 3.05) is 19.8 Å². The van der Waals surface area contributed by atoms with Crippen molar-refractivity contribution in [1.82, 2.24) is 0 Å². The molecule has 1 unspecified atom stereocenters. The van der Waals surface area contributed by atoms with Crippen molar-refractivity contribution in [3.8, 4) is 0 Å². The van der Waals surface area contributed by atoms with E-state index in [0.717, 1.165) is 25.7 Å². The van der Waals surface area contributed by atoms with E-state index in [9.17, 15) is 9.90 Å². The smallest absolute Gasteiger partial charge is 0.306 e. The molecule has 0 aliphatic heterocycles. The summed E-state index contributed by atoms with van der Waals surface area (Å²) in [4.78, 5) is 12.3. The number of carbonyl (C=O) groups is 1. The first-order valence-electron chi connectivity index (χ1n) is 27.6. The van der Waals surface area contributed by atoms with Crippen molar-refractivity contribution >= 4 is 5.97 Å². The second kappa shape index (κ2) is 54.7. The third-order valence-electron chi connectivity index (χ3n) is 12.4. The van der Waals surface area contributed by atoms with Gasteiger partial charge in [-0.25, -0.2) is 0 Å². The Kier molecular flexibility index (Phi) is 53.5. The van der Waals surface area contributed by atoms with Crippen molar-refractivity contribution in [2.45, 2.75) is 302 Å². The Morgan fingerprint density at radius 3 is 1.03 bits per heavy atom. The zero-order valence-electron chi connectivity index (χ0n) is 41.4. The normalized spacial score (nSPS) is 12.5. The van der Waals surface area contributed by atoms with Crippen LogP contribution in [0.1, 0.15) is 296 Å². The fourth-order valence-electron chi connectivity index (χ4n) is 8.30. The van der Waals surface area contributed by atoms with Crippen LogP contribution in [0.2, 0.25) is 0 Å². The standard InChI is InChI=1S/C57H108O4/c1-3-5-7-9-11-13-15-17-19-21-23-25-27-29-30-32-34-36-38-40-42-44-46-48-50-52-57(59)61-56(54-58)55-60-53-51-49-47-45-43-41-39-37-35-33-31-28-26-24-22-20-18-16-14-12-10-8-6-4-2/h15,17,21-24,56,58H,3-14,16,18-20,25-55H2,1-2H3/b17-15-,23-21-,24-22-. The zero-order chi connectivity index (χ0) is 44.0. The van der Waals surface area contributed by atoms with Gasteiger partial charge in [0.2, 0.25) is 0 Å². The highest BCUT2D eigenvalue weighted by atomic mass is 16.6. The van der Waals surface area contributed by atoms with E-state index in [0.29, 0.717) is 19.6 Å². The van der Waals surface area contributed by atoms with Crippen molar-refractivity contribution in [2.24, 2.45) is 0 Å². The van der Waals surface area contributed by atoms with Gasteiger partial charge in [0, 0.05) is 13.0 Å². The number of aliphatic hydroxyl groups is 1. The quantitative estimate of drug-likeness (QED) is 0.0376. The molecule has 0 aliphatic rings. The first-order valence-corrected chi connectivity index (χ1v) is 27.6. The summed E-state index contributed by atoms with van der Waals surface area (Å²) in [5.41, 5.74) is 0. The second-order valence-electron chi connectivity index (χ2n) is 18.7. The summed E-state index contributed by atoms with van der Waals surface area (Å²) < 4.78 is 11.2. The highest BCUT2D eigenvalue weighted by molar-refractivity contribution is 5.69. The van der Waals surface area contributed by atoms with E-state index in [1.54, 1.807) is 0 Å². The molecule has 4 heteroatoms. The predicted octanol–water partition coefficient (Wildman–Crippen LogP) is 18.8. The van der Waals surface area contributed by atoms with E-state index in [4.69, 9.17) is 9.47 Å². The first kappa shape index (κ1) is 59.6.